The molecule has 1 aromatic rings. The third-order valence-corrected chi connectivity index (χ3v) is 5.83. The Morgan fingerprint density at radius 3 is 2.61 bits per heavy atom. The van der Waals surface area contributed by atoms with Gasteiger partial charge in [-0.25, -0.2) is 8.42 Å². The van der Waals surface area contributed by atoms with Gasteiger partial charge in [-0.05, 0) is 34.5 Å². The Hall–Kier alpha value is -0.920. The maximum absolute atomic E-state index is 12.3. The number of sulfonamides is 1. The lowest BCUT2D eigenvalue weighted by molar-refractivity contribution is -0.141. The van der Waals surface area contributed by atoms with Gasteiger partial charge in [-0.3, -0.25) is 4.79 Å². The van der Waals surface area contributed by atoms with E-state index in [0.717, 1.165) is 0 Å². The van der Waals surface area contributed by atoms with Crippen LogP contribution < -0.4 is 0 Å². The van der Waals surface area contributed by atoms with Crippen molar-refractivity contribution in [2.45, 2.75) is 11.3 Å². The van der Waals surface area contributed by atoms with E-state index in [2.05, 4.69) is 15.9 Å². The Labute approximate surface area is 114 Å². The number of halogens is 1. The van der Waals surface area contributed by atoms with Gasteiger partial charge in [0, 0.05) is 17.6 Å². The van der Waals surface area contributed by atoms with E-state index < -0.39 is 21.9 Å². The molecule has 0 amide bonds. The second-order valence-electron chi connectivity index (χ2n) is 4.12. The van der Waals surface area contributed by atoms with E-state index in [-0.39, 0.29) is 18.0 Å². The Morgan fingerprint density at radius 1 is 1.39 bits per heavy atom. The number of carbonyl (C=O) groups is 1. The van der Waals surface area contributed by atoms with Gasteiger partial charge < -0.3 is 5.11 Å². The maximum atomic E-state index is 12.3. The summed E-state index contributed by atoms with van der Waals surface area (Å²) in [5.74, 6) is -1.55. The smallest absolute Gasteiger partial charge is 0.307 e. The fraction of sp³-hybridized carbons (Fsp3) is 0.364. The molecular weight excluding hydrogens is 322 g/mol. The molecule has 1 aromatic carbocycles. The molecular formula is C11H12BrNO4S. The summed E-state index contributed by atoms with van der Waals surface area (Å²) in [5.41, 5.74) is 0. The SMILES string of the molecule is O=C(O)[C@@H]1CCN(S(=O)(=O)c2ccccc2Br)C1. The Morgan fingerprint density at radius 2 is 2.06 bits per heavy atom. The number of aliphatic carboxylic acids is 1. The Bertz CT molecular complexity index is 572. The zero-order chi connectivity index (χ0) is 13.3. The van der Waals surface area contributed by atoms with Crippen molar-refractivity contribution in [3.63, 3.8) is 0 Å². The monoisotopic (exact) mass is 333 g/mol. The molecule has 0 saturated carbocycles. The summed E-state index contributed by atoms with van der Waals surface area (Å²) in [5, 5.41) is 8.89. The van der Waals surface area contributed by atoms with Crippen LogP contribution in [0.1, 0.15) is 6.42 Å². The molecule has 1 fully saturated rings. The summed E-state index contributed by atoms with van der Waals surface area (Å²) < 4.78 is 26.4. The predicted octanol–water partition coefficient (Wildman–Crippen LogP) is 1.54. The molecule has 0 aromatic heterocycles. The van der Waals surface area contributed by atoms with Crippen LogP contribution in [0.2, 0.25) is 0 Å². The standard InChI is InChI=1S/C11H12BrNO4S/c12-9-3-1-2-4-10(9)18(16,17)13-6-5-8(7-13)11(14)15/h1-4,8H,5-7H2,(H,14,15)/t8-/m1/s1. The van der Waals surface area contributed by atoms with Crippen LogP contribution >= 0.6 is 15.9 Å². The molecule has 1 aliphatic rings. The van der Waals surface area contributed by atoms with E-state index >= 15 is 0 Å². The molecule has 0 bridgehead atoms. The van der Waals surface area contributed by atoms with Crippen LogP contribution in [0.25, 0.3) is 0 Å². The molecule has 1 aliphatic heterocycles. The highest BCUT2D eigenvalue weighted by molar-refractivity contribution is 9.10. The lowest BCUT2D eigenvalue weighted by Crippen LogP contribution is -2.30. The van der Waals surface area contributed by atoms with Crippen molar-refractivity contribution in [2.75, 3.05) is 13.1 Å². The second-order valence-corrected chi connectivity index (χ2v) is 6.88. The highest BCUT2D eigenvalue weighted by Gasteiger charge is 2.36. The van der Waals surface area contributed by atoms with Crippen LogP contribution in [-0.4, -0.2) is 36.9 Å². The third-order valence-electron chi connectivity index (χ3n) is 2.95. The first-order valence-electron chi connectivity index (χ1n) is 5.40. The third kappa shape index (κ3) is 2.43. The summed E-state index contributed by atoms with van der Waals surface area (Å²) in [6, 6.07) is 6.53. The highest BCUT2D eigenvalue weighted by atomic mass is 79.9. The number of carboxylic acid groups (broad SMARTS) is 1. The average molecular weight is 334 g/mol. The average Bonchev–Trinajstić information content (AvgIpc) is 2.79. The van der Waals surface area contributed by atoms with E-state index in [4.69, 9.17) is 5.11 Å². The number of benzene rings is 1. The largest absolute Gasteiger partial charge is 0.481 e. The van der Waals surface area contributed by atoms with Crippen molar-refractivity contribution in [3.05, 3.63) is 28.7 Å². The molecule has 1 heterocycles. The van der Waals surface area contributed by atoms with Crippen LogP contribution in [0, 0.1) is 5.92 Å². The summed E-state index contributed by atoms with van der Waals surface area (Å²) in [6.07, 6.45) is 0.360. The minimum absolute atomic E-state index is 0.0407. The minimum atomic E-state index is -3.61. The van der Waals surface area contributed by atoms with Crippen molar-refractivity contribution in [1.82, 2.24) is 4.31 Å². The molecule has 1 N–H and O–H groups in total. The summed E-state index contributed by atoms with van der Waals surface area (Å²) >= 11 is 3.20. The van der Waals surface area contributed by atoms with E-state index in [0.29, 0.717) is 10.9 Å². The van der Waals surface area contributed by atoms with Crippen LogP contribution in [0.3, 0.4) is 0 Å². The lowest BCUT2D eigenvalue weighted by atomic mass is 10.1. The van der Waals surface area contributed by atoms with Crippen LogP contribution in [-0.2, 0) is 14.8 Å². The topological polar surface area (TPSA) is 74.7 Å². The van der Waals surface area contributed by atoms with Crippen molar-refractivity contribution in [1.29, 1.82) is 0 Å². The molecule has 0 radical (unpaired) electrons. The first-order chi connectivity index (χ1) is 8.43. The van der Waals surface area contributed by atoms with E-state index in [1.165, 1.54) is 10.4 Å². The van der Waals surface area contributed by atoms with Gasteiger partial charge in [0.05, 0.1) is 10.8 Å². The normalized spacial score (nSPS) is 21.1. The number of carboxylic acids is 1. The summed E-state index contributed by atoms with van der Waals surface area (Å²) in [4.78, 5) is 11.0. The quantitative estimate of drug-likeness (QED) is 0.910. The van der Waals surface area contributed by atoms with Gasteiger partial charge in [0.25, 0.3) is 0 Å². The fourth-order valence-electron chi connectivity index (χ4n) is 1.94. The van der Waals surface area contributed by atoms with Crippen molar-refractivity contribution in [2.24, 2.45) is 5.92 Å². The van der Waals surface area contributed by atoms with Gasteiger partial charge in [-0.15, -0.1) is 0 Å². The maximum Gasteiger partial charge on any atom is 0.307 e. The molecule has 2 rings (SSSR count). The van der Waals surface area contributed by atoms with E-state index in [1.807, 2.05) is 0 Å². The Balaban J connectivity index is 2.29. The molecule has 5 nitrogen and oxygen atoms in total. The van der Waals surface area contributed by atoms with E-state index in [1.54, 1.807) is 18.2 Å². The molecule has 0 spiro atoms. The van der Waals surface area contributed by atoms with Crippen molar-refractivity contribution < 1.29 is 18.3 Å². The molecule has 1 atom stereocenters. The second kappa shape index (κ2) is 4.99. The van der Waals surface area contributed by atoms with Crippen LogP contribution in [0.5, 0.6) is 0 Å². The van der Waals surface area contributed by atoms with Gasteiger partial charge in [-0.1, -0.05) is 12.1 Å². The first-order valence-corrected chi connectivity index (χ1v) is 7.63. The zero-order valence-corrected chi connectivity index (χ0v) is 11.8. The van der Waals surface area contributed by atoms with Gasteiger partial charge in [0.15, 0.2) is 0 Å². The minimum Gasteiger partial charge on any atom is -0.481 e. The Kier molecular flexibility index (Phi) is 3.74. The van der Waals surface area contributed by atoms with Crippen molar-refractivity contribution in [3.8, 4) is 0 Å². The first kappa shape index (κ1) is 13.5. The van der Waals surface area contributed by atoms with Gasteiger partial charge in [0.2, 0.25) is 10.0 Å². The zero-order valence-electron chi connectivity index (χ0n) is 9.41. The molecule has 7 heteroatoms. The van der Waals surface area contributed by atoms with Crippen LogP contribution in [0.4, 0.5) is 0 Å². The van der Waals surface area contributed by atoms with Gasteiger partial charge in [0.1, 0.15) is 0 Å². The number of hydrogen-bond acceptors (Lipinski definition) is 3. The lowest BCUT2D eigenvalue weighted by Gasteiger charge is -2.16. The predicted molar refractivity (Wildman–Crippen MR) is 68.6 cm³/mol. The number of rotatable bonds is 3. The molecule has 0 aliphatic carbocycles. The summed E-state index contributed by atoms with van der Waals surface area (Å²) in [6.45, 7) is 0.291. The van der Waals surface area contributed by atoms with E-state index in [9.17, 15) is 13.2 Å². The molecule has 98 valence electrons. The van der Waals surface area contributed by atoms with Gasteiger partial charge in [-0.2, -0.15) is 4.31 Å². The van der Waals surface area contributed by atoms with Gasteiger partial charge >= 0.3 is 5.97 Å². The number of nitrogens with zero attached hydrogens (tertiary/aromatic N) is 1. The summed E-state index contributed by atoms with van der Waals surface area (Å²) in [7, 11) is -3.61. The molecule has 0 unspecified atom stereocenters. The van der Waals surface area contributed by atoms with Crippen LogP contribution in [0.15, 0.2) is 33.6 Å². The fourth-order valence-corrected chi connectivity index (χ4v) is 4.40. The number of hydrogen-bond donors (Lipinski definition) is 1. The highest BCUT2D eigenvalue weighted by Crippen LogP contribution is 2.28. The van der Waals surface area contributed by atoms with Crippen molar-refractivity contribution >= 4 is 31.9 Å². The molecule has 18 heavy (non-hydrogen) atoms. The molecule has 1 saturated heterocycles.